The van der Waals surface area contributed by atoms with E-state index in [1.807, 2.05) is 12.1 Å². The highest BCUT2D eigenvalue weighted by Crippen LogP contribution is 2.13. The van der Waals surface area contributed by atoms with Gasteiger partial charge in [0.05, 0.1) is 4.90 Å². The Bertz CT molecular complexity index is 523. The van der Waals surface area contributed by atoms with Crippen LogP contribution < -0.4 is 4.72 Å². The summed E-state index contributed by atoms with van der Waals surface area (Å²) in [5, 5.41) is 0.732. The Morgan fingerprint density at radius 2 is 1.67 bits per heavy atom. The highest BCUT2D eigenvalue weighted by Gasteiger charge is 2.14. The standard InChI is InChI=1S/C15H23BrN2O2S/c16-13-14-5-7-15(8-6-14)21(19,20)17-9-12-18-10-3-1-2-4-11-18/h5-8,17H,1-4,9-13H2. The van der Waals surface area contributed by atoms with Gasteiger partial charge in [0.1, 0.15) is 0 Å². The average Bonchev–Trinajstić information content (AvgIpc) is 2.76. The lowest BCUT2D eigenvalue weighted by Gasteiger charge is -2.19. The first-order valence-corrected chi connectivity index (χ1v) is 10.1. The monoisotopic (exact) mass is 374 g/mol. The lowest BCUT2D eigenvalue weighted by atomic mass is 10.2. The molecular weight excluding hydrogens is 352 g/mol. The van der Waals surface area contributed by atoms with Crippen molar-refractivity contribution < 1.29 is 8.42 Å². The van der Waals surface area contributed by atoms with Crippen molar-refractivity contribution in [2.45, 2.75) is 35.9 Å². The van der Waals surface area contributed by atoms with Crippen molar-refractivity contribution in [3.05, 3.63) is 29.8 Å². The maximum absolute atomic E-state index is 12.2. The first-order valence-electron chi connectivity index (χ1n) is 7.49. The Morgan fingerprint density at radius 3 is 2.24 bits per heavy atom. The predicted octanol–water partition coefficient (Wildman–Crippen LogP) is 2.74. The molecule has 1 heterocycles. The van der Waals surface area contributed by atoms with E-state index in [4.69, 9.17) is 0 Å². The van der Waals surface area contributed by atoms with Crippen LogP contribution in [0, 0.1) is 0 Å². The second-order valence-electron chi connectivity index (χ2n) is 5.43. The number of rotatable bonds is 6. The van der Waals surface area contributed by atoms with E-state index in [9.17, 15) is 8.42 Å². The zero-order valence-corrected chi connectivity index (χ0v) is 14.6. The molecule has 0 aliphatic carbocycles. The molecule has 0 aromatic heterocycles. The van der Waals surface area contributed by atoms with Crippen LogP contribution in [0.3, 0.4) is 0 Å². The number of hydrogen-bond donors (Lipinski definition) is 1. The van der Waals surface area contributed by atoms with E-state index >= 15 is 0 Å². The van der Waals surface area contributed by atoms with Gasteiger partial charge in [-0.2, -0.15) is 0 Å². The lowest BCUT2D eigenvalue weighted by molar-refractivity contribution is 0.290. The Morgan fingerprint density at radius 1 is 1.05 bits per heavy atom. The Labute approximate surface area is 136 Å². The van der Waals surface area contributed by atoms with Crippen LogP contribution in [0.2, 0.25) is 0 Å². The van der Waals surface area contributed by atoms with Crippen molar-refractivity contribution in [2.24, 2.45) is 0 Å². The smallest absolute Gasteiger partial charge is 0.240 e. The molecule has 1 aliphatic rings. The van der Waals surface area contributed by atoms with Crippen LogP contribution in [0.4, 0.5) is 0 Å². The average molecular weight is 375 g/mol. The summed E-state index contributed by atoms with van der Waals surface area (Å²) in [6.45, 7) is 3.44. The molecule has 2 rings (SSSR count). The van der Waals surface area contributed by atoms with E-state index in [1.165, 1.54) is 25.7 Å². The first-order chi connectivity index (χ1) is 10.1. The Kier molecular flexibility index (Phi) is 6.67. The SMILES string of the molecule is O=S(=O)(NCCN1CCCCCC1)c1ccc(CBr)cc1. The Balaban J connectivity index is 1.85. The van der Waals surface area contributed by atoms with Gasteiger partial charge in [0.25, 0.3) is 0 Å². The van der Waals surface area contributed by atoms with Gasteiger partial charge in [-0.05, 0) is 43.6 Å². The fourth-order valence-electron chi connectivity index (χ4n) is 2.54. The third-order valence-corrected chi connectivity index (χ3v) is 5.93. The van der Waals surface area contributed by atoms with E-state index in [0.29, 0.717) is 11.4 Å². The summed E-state index contributed by atoms with van der Waals surface area (Å²) in [5.41, 5.74) is 1.07. The van der Waals surface area contributed by atoms with E-state index in [1.54, 1.807) is 12.1 Å². The molecule has 0 spiro atoms. The minimum atomic E-state index is -3.39. The predicted molar refractivity (Wildman–Crippen MR) is 89.2 cm³/mol. The van der Waals surface area contributed by atoms with Crippen LogP contribution in [-0.2, 0) is 15.4 Å². The zero-order valence-electron chi connectivity index (χ0n) is 12.2. The van der Waals surface area contributed by atoms with Crippen LogP contribution in [0.25, 0.3) is 0 Å². The number of benzene rings is 1. The van der Waals surface area contributed by atoms with Crippen molar-refractivity contribution in [2.75, 3.05) is 26.2 Å². The maximum atomic E-state index is 12.2. The number of nitrogens with zero attached hydrogens (tertiary/aromatic N) is 1. The third kappa shape index (κ3) is 5.36. The summed E-state index contributed by atoms with van der Waals surface area (Å²) in [6, 6.07) is 6.98. The molecule has 21 heavy (non-hydrogen) atoms. The molecule has 0 amide bonds. The summed E-state index contributed by atoms with van der Waals surface area (Å²) in [6.07, 6.45) is 5.03. The summed E-state index contributed by atoms with van der Waals surface area (Å²) in [7, 11) is -3.39. The highest BCUT2D eigenvalue weighted by molar-refractivity contribution is 9.08. The fraction of sp³-hybridized carbons (Fsp3) is 0.600. The molecular formula is C15H23BrN2O2S. The number of nitrogens with one attached hydrogen (secondary N) is 1. The van der Waals surface area contributed by atoms with Crippen molar-refractivity contribution in [1.29, 1.82) is 0 Å². The molecule has 0 saturated carbocycles. The van der Waals surface area contributed by atoms with Crippen LogP contribution in [0.1, 0.15) is 31.2 Å². The second kappa shape index (κ2) is 8.27. The molecule has 0 atom stereocenters. The number of likely N-dealkylation sites (tertiary alicyclic amines) is 1. The van der Waals surface area contributed by atoms with Gasteiger partial charge in [-0.15, -0.1) is 0 Å². The van der Waals surface area contributed by atoms with Crippen molar-refractivity contribution >= 4 is 26.0 Å². The molecule has 1 aliphatic heterocycles. The van der Waals surface area contributed by atoms with Crippen molar-refractivity contribution in [1.82, 2.24) is 9.62 Å². The van der Waals surface area contributed by atoms with Gasteiger partial charge in [0.15, 0.2) is 0 Å². The van der Waals surface area contributed by atoms with Gasteiger partial charge >= 0.3 is 0 Å². The topological polar surface area (TPSA) is 49.4 Å². The van der Waals surface area contributed by atoms with Crippen LogP contribution in [0.15, 0.2) is 29.2 Å². The normalized spacial score (nSPS) is 17.6. The van der Waals surface area contributed by atoms with Crippen molar-refractivity contribution in [3.8, 4) is 0 Å². The minimum absolute atomic E-state index is 0.336. The lowest BCUT2D eigenvalue weighted by Crippen LogP contribution is -2.35. The molecule has 0 radical (unpaired) electrons. The van der Waals surface area contributed by atoms with Crippen LogP contribution in [-0.4, -0.2) is 39.5 Å². The summed E-state index contributed by atoms with van der Waals surface area (Å²) in [5.74, 6) is 0. The molecule has 4 nitrogen and oxygen atoms in total. The minimum Gasteiger partial charge on any atom is -0.302 e. The zero-order chi connectivity index (χ0) is 15.1. The van der Waals surface area contributed by atoms with E-state index < -0.39 is 10.0 Å². The quantitative estimate of drug-likeness (QED) is 0.778. The molecule has 0 bridgehead atoms. The summed E-state index contributed by atoms with van der Waals surface area (Å²) < 4.78 is 27.1. The third-order valence-electron chi connectivity index (χ3n) is 3.81. The first kappa shape index (κ1) is 16.9. The molecule has 118 valence electrons. The summed E-state index contributed by atoms with van der Waals surface area (Å²) >= 11 is 3.35. The van der Waals surface area contributed by atoms with Crippen LogP contribution >= 0.6 is 15.9 Å². The molecule has 1 saturated heterocycles. The molecule has 6 heteroatoms. The number of alkyl halides is 1. The number of halogens is 1. The largest absolute Gasteiger partial charge is 0.302 e. The molecule has 1 aromatic rings. The maximum Gasteiger partial charge on any atom is 0.240 e. The number of hydrogen-bond acceptors (Lipinski definition) is 3. The molecule has 1 aromatic carbocycles. The van der Waals surface area contributed by atoms with Crippen LogP contribution in [0.5, 0.6) is 0 Å². The van der Waals surface area contributed by atoms with Gasteiger partial charge in [0, 0.05) is 18.4 Å². The number of sulfonamides is 1. The Hall–Kier alpha value is -0.430. The van der Waals surface area contributed by atoms with Crippen molar-refractivity contribution in [3.63, 3.8) is 0 Å². The fourth-order valence-corrected chi connectivity index (χ4v) is 3.93. The second-order valence-corrected chi connectivity index (χ2v) is 7.76. The van der Waals surface area contributed by atoms with E-state index in [2.05, 4.69) is 25.6 Å². The van der Waals surface area contributed by atoms with Gasteiger partial charge in [0.2, 0.25) is 10.0 Å². The van der Waals surface area contributed by atoms with E-state index in [-0.39, 0.29) is 0 Å². The van der Waals surface area contributed by atoms with Gasteiger partial charge in [-0.25, -0.2) is 13.1 Å². The molecule has 1 N–H and O–H groups in total. The summed E-state index contributed by atoms with van der Waals surface area (Å²) in [4.78, 5) is 2.69. The van der Waals surface area contributed by atoms with Gasteiger partial charge in [-0.1, -0.05) is 40.9 Å². The van der Waals surface area contributed by atoms with Gasteiger partial charge in [-0.3, -0.25) is 0 Å². The molecule has 1 fully saturated rings. The molecule has 0 unspecified atom stereocenters. The highest BCUT2D eigenvalue weighted by atomic mass is 79.9. The van der Waals surface area contributed by atoms with Gasteiger partial charge < -0.3 is 4.90 Å². The van der Waals surface area contributed by atoms with E-state index in [0.717, 1.165) is 30.5 Å².